The number of nitrogens with one attached hydrogen (secondary N) is 1. The summed E-state index contributed by atoms with van der Waals surface area (Å²) in [6.07, 6.45) is 3.61. The molecule has 114 valence electrons. The molecule has 9 heteroatoms. The first kappa shape index (κ1) is 14.9. The molecule has 1 fully saturated rings. The number of nitrogens with two attached hydrogens (primary N) is 1. The van der Waals surface area contributed by atoms with Gasteiger partial charge in [0.2, 0.25) is 17.7 Å². The second kappa shape index (κ2) is 6.33. The number of amides is 1. The number of likely N-dealkylation sites (tertiary alicyclic amines) is 1. The molecule has 1 aliphatic rings. The summed E-state index contributed by atoms with van der Waals surface area (Å²) in [5, 5.41) is 13.6. The zero-order valence-corrected chi connectivity index (χ0v) is 11.8. The van der Waals surface area contributed by atoms with Crippen LogP contribution >= 0.6 is 0 Å². The summed E-state index contributed by atoms with van der Waals surface area (Å²) in [5.41, 5.74) is 5.18. The number of anilines is 2. The number of piperidine rings is 1. The third-order valence-corrected chi connectivity index (χ3v) is 3.44. The van der Waals surface area contributed by atoms with Crippen LogP contribution in [0.5, 0.6) is 0 Å². The van der Waals surface area contributed by atoms with Crippen LogP contribution in [-0.2, 0) is 4.79 Å². The van der Waals surface area contributed by atoms with E-state index in [1.54, 1.807) is 0 Å². The Morgan fingerprint density at radius 2 is 2.33 bits per heavy atom. The van der Waals surface area contributed by atoms with Crippen molar-refractivity contribution in [3.63, 3.8) is 0 Å². The Morgan fingerprint density at radius 1 is 1.57 bits per heavy atom. The summed E-state index contributed by atoms with van der Waals surface area (Å²) < 4.78 is 0. The van der Waals surface area contributed by atoms with Crippen LogP contribution in [0.1, 0.15) is 26.2 Å². The number of nitrogens with zero attached hydrogens (tertiary/aromatic N) is 4. The van der Waals surface area contributed by atoms with Crippen molar-refractivity contribution in [1.29, 1.82) is 0 Å². The number of hydrogen-bond acceptors (Lipinski definition) is 7. The molecular formula is C12H18N6O3. The highest BCUT2D eigenvalue weighted by molar-refractivity contribution is 5.77. The first-order valence-corrected chi connectivity index (χ1v) is 6.79. The van der Waals surface area contributed by atoms with Gasteiger partial charge in [-0.3, -0.25) is 14.9 Å². The van der Waals surface area contributed by atoms with Crippen molar-refractivity contribution in [1.82, 2.24) is 14.9 Å². The molecule has 2 heterocycles. The molecule has 1 saturated heterocycles. The molecule has 2 rings (SSSR count). The number of aromatic nitrogens is 2. The van der Waals surface area contributed by atoms with E-state index in [0.29, 0.717) is 13.0 Å². The molecule has 0 bridgehead atoms. The third kappa shape index (κ3) is 3.56. The first-order valence-electron chi connectivity index (χ1n) is 6.79. The standard InChI is InChI=1S/C12H18N6O3/c1-8(17-5-3-2-4-10(17)19)6-14-12-15-7-9(18(20)21)11(13)16-12/h7-8H,2-6H2,1H3,(H3,13,14,15,16). The summed E-state index contributed by atoms with van der Waals surface area (Å²) in [4.78, 5) is 31.3. The average molecular weight is 294 g/mol. The summed E-state index contributed by atoms with van der Waals surface area (Å²) >= 11 is 0. The molecule has 0 spiro atoms. The maximum atomic E-state index is 11.8. The summed E-state index contributed by atoms with van der Waals surface area (Å²) in [6, 6.07) is -0.00202. The third-order valence-electron chi connectivity index (χ3n) is 3.44. The first-order chi connectivity index (χ1) is 9.99. The SMILES string of the molecule is CC(CNc1ncc([N+](=O)[O-])c(N)n1)N1CCCCC1=O. The largest absolute Gasteiger partial charge is 0.378 e. The van der Waals surface area contributed by atoms with Crippen molar-refractivity contribution in [2.24, 2.45) is 0 Å². The van der Waals surface area contributed by atoms with Gasteiger partial charge in [-0.2, -0.15) is 4.98 Å². The van der Waals surface area contributed by atoms with Crippen LogP contribution in [0.4, 0.5) is 17.5 Å². The second-order valence-corrected chi connectivity index (χ2v) is 5.00. The molecule has 1 amide bonds. The number of hydrogen-bond donors (Lipinski definition) is 2. The minimum absolute atomic E-state index is 0.00202. The topological polar surface area (TPSA) is 127 Å². The molecule has 1 atom stereocenters. The summed E-state index contributed by atoms with van der Waals surface area (Å²) in [6.45, 7) is 3.15. The Bertz CT molecular complexity index is 550. The van der Waals surface area contributed by atoms with Gasteiger partial charge in [0.1, 0.15) is 6.20 Å². The minimum atomic E-state index is -0.631. The molecule has 0 aliphatic carbocycles. The van der Waals surface area contributed by atoms with Gasteiger partial charge in [0, 0.05) is 25.6 Å². The van der Waals surface area contributed by atoms with E-state index in [4.69, 9.17) is 5.73 Å². The number of rotatable bonds is 5. The van der Waals surface area contributed by atoms with E-state index in [-0.39, 0.29) is 29.4 Å². The number of nitrogen functional groups attached to an aromatic ring is 1. The number of nitro groups is 1. The van der Waals surface area contributed by atoms with E-state index < -0.39 is 4.92 Å². The lowest BCUT2D eigenvalue weighted by atomic mass is 10.1. The zero-order valence-electron chi connectivity index (χ0n) is 11.8. The summed E-state index contributed by atoms with van der Waals surface area (Å²) in [7, 11) is 0. The predicted octanol–water partition coefficient (Wildman–Crippen LogP) is 0.780. The van der Waals surface area contributed by atoms with Crippen LogP contribution in [-0.4, -0.2) is 44.8 Å². The summed E-state index contributed by atoms with van der Waals surface area (Å²) in [5.74, 6) is 0.188. The normalized spacial score (nSPS) is 16.6. The predicted molar refractivity (Wildman–Crippen MR) is 76.6 cm³/mol. The van der Waals surface area contributed by atoms with E-state index >= 15 is 0 Å². The smallest absolute Gasteiger partial charge is 0.329 e. The maximum Gasteiger partial charge on any atom is 0.329 e. The monoisotopic (exact) mass is 294 g/mol. The Morgan fingerprint density at radius 3 is 2.95 bits per heavy atom. The molecule has 0 aromatic carbocycles. The molecule has 1 aliphatic heterocycles. The van der Waals surface area contributed by atoms with E-state index in [0.717, 1.165) is 25.6 Å². The lowest BCUT2D eigenvalue weighted by molar-refractivity contribution is -0.384. The Hall–Kier alpha value is -2.45. The van der Waals surface area contributed by atoms with Gasteiger partial charge in [0.15, 0.2) is 0 Å². The highest BCUT2D eigenvalue weighted by Gasteiger charge is 2.23. The lowest BCUT2D eigenvalue weighted by Gasteiger charge is -2.32. The van der Waals surface area contributed by atoms with E-state index in [1.165, 1.54) is 0 Å². The van der Waals surface area contributed by atoms with Crippen LogP contribution < -0.4 is 11.1 Å². The fourth-order valence-corrected chi connectivity index (χ4v) is 2.26. The van der Waals surface area contributed by atoms with Crippen molar-refractivity contribution < 1.29 is 9.72 Å². The lowest BCUT2D eigenvalue weighted by Crippen LogP contribution is -2.45. The average Bonchev–Trinajstić information content (AvgIpc) is 2.45. The quantitative estimate of drug-likeness (QED) is 0.606. The maximum absolute atomic E-state index is 11.8. The fourth-order valence-electron chi connectivity index (χ4n) is 2.26. The Labute approximate surface area is 121 Å². The van der Waals surface area contributed by atoms with Gasteiger partial charge < -0.3 is 16.0 Å². The van der Waals surface area contributed by atoms with Gasteiger partial charge >= 0.3 is 5.69 Å². The van der Waals surface area contributed by atoms with Gasteiger partial charge in [-0.05, 0) is 19.8 Å². The number of carbonyl (C=O) groups excluding carboxylic acids is 1. The van der Waals surface area contributed by atoms with E-state index in [2.05, 4.69) is 15.3 Å². The Balaban J connectivity index is 1.94. The van der Waals surface area contributed by atoms with Crippen LogP contribution in [0, 0.1) is 10.1 Å². The fraction of sp³-hybridized carbons (Fsp3) is 0.583. The van der Waals surface area contributed by atoms with Crippen molar-refractivity contribution in [3.8, 4) is 0 Å². The van der Waals surface area contributed by atoms with Crippen LogP contribution in [0.2, 0.25) is 0 Å². The van der Waals surface area contributed by atoms with Crippen LogP contribution in [0.25, 0.3) is 0 Å². The van der Waals surface area contributed by atoms with Crippen LogP contribution in [0.3, 0.4) is 0 Å². The Kier molecular flexibility index (Phi) is 4.51. The minimum Gasteiger partial charge on any atom is -0.378 e. The van der Waals surface area contributed by atoms with Gasteiger partial charge in [0.25, 0.3) is 0 Å². The van der Waals surface area contributed by atoms with Crippen molar-refractivity contribution in [2.45, 2.75) is 32.2 Å². The molecule has 21 heavy (non-hydrogen) atoms. The second-order valence-electron chi connectivity index (χ2n) is 5.00. The van der Waals surface area contributed by atoms with E-state index in [1.807, 2.05) is 11.8 Å². The molecule has 0 saturated carbocycles. The molecule has 1 unspecified atom stereocenters. The molecular weight excluding hydrogens is 276 g/mol. The van der Waals surface area contributed by atoms with Crippen molar-refractivity contribution >= 4 is 23.4 Å². The zero-order chi connectivity index (χ0) is 15.4. The van der Waals surface area contributed by atoms with Gasteiger partial charge in [-0.25, -0.2) is 4.98 Å². The van der Waals surface area contributed by atoms with Gasteiger partial charge in [0.05, 0.1) is 4.92 Å². The van der Waals surface area contributed by atoms with E-state index in [9.17, 15) is 14.9 Å². The molecule has 1 aromatic rings. The molecule has 9 nitrogen and oxygen atoms in total. The molecule has 0 radical (unpaired) electrons. The molecule has 3 N–H and O–H groups in total. The van der Waals surface area contributed by atoms with Gasteiger partial charge in [-0.15, -0.1) is 0 Å². The highest BCUT2D eigenvalue weighted by Crippen LogP contribution is 2.18. The number of carbonyl (C=O) groups is 1. The van der Waals surface area contributed by atoms with Crippen LogP contribution in [0.15, 0.2) is 6.20 Å². The van der Waals surface area contributed by atoms with Gasteiger partial charge in [-0.1, -0.05) is 0 Å². The molecule has 1 aromatic heterocycles. The van der Waals surface area contributed by atoms with Crippen molar-refractivity contribution in [3.05, 3.63) is 16.3 Å². The highest BCUT2D eigenvalue weighted by atomic mass is 16.6. The van der Waals surface area contributed by atoms with Crippen molar-refractivity contribution in [2.75, 3.05) is 24.1 Å².